The molecular formula is C18H13F2N3O4S2. The molecule has 0 saturated heterocycles. The average Bonchev–Trinajstić information content (AvgIpc) is 3.19. The molecule has 4 N–H and O–H groups in total. The van der Waals surface area contributed by atoms with Crippen molar-refractivity contribution < 1.29 is 26.8 Å². The number of hydrogen-bond acceptors (Lipinski definition) is 5. The maximum absolute atomic E-state index is 13.9. The van der Waals surface area contributed by atoms with E-state index in [1.807, 2.05) is 0 Å². The van der Waals surface area contributed by atoms with Crippen molar-refractivity contribution in [2.45, 2.75) is 4.21 Å². The largest absolute Gasteiger partial charge is 0.366 e. The average molecular weight is 437 g/mol. The molecule has 150 valence electrons. The van der Waals surface area contributed by atoms with Gasteiger partial charge in [0.25, 0.3) is 21.8 Å². The van der Waals surface area contributed by atoms with E-state index in [4.69, 9.17) is 5.73 Å². The second kappa shape index (κ2) is 7.97. The number of amides is 2. The fourth-order valence-electron chi connectivity index (χ4n) is 2.34. The van der Waals surface area contributed by atoms with Gasteiger partial charge >= 0.3 is 0 Å². The van der Waals surface area contributed by atoms with Crippen LogP contribution in [0.15, 0.2) is 58.1 Å². The zero-order valence-corrected chi connectivity index (χ0v) is 16.1. The first-order valence-electron chi connectivity index (χ1n) is 7.94. The number of hydrogen-bond donors (Lipinski definition) is 3. The molecule has 1 aromatic heterocycles. The summed E-state index contributed by atoms with van der Waals surface area (Å²) in [6, 6.07) is 9.64. The maximum Gasteiger partial charge on any atom is 0.271 e. The quantitative estimate of drug-likeness (QED) is 0.549. The summed E-state index contributed by atoms with van der Waals surface area (Å²) in [5.41, 5.74) is 4.31. The Morgan fingerprint density at radius 1 is 1.00 bits per heavy atom. The Bertz CT molecular complexity index is 1180. The molecule has 3 rings (SSSR count). The van der Waals surface area contributed by atoms with E-state index in [2.05, 4.69) is 10.0 Å². The van der Waals surface area contributed by atoms with E-state index in [1.165, 1.54) is 30.3 Å². The lowest BCUT2D eigenvalue weighted by Gasteiger charge is -2.10. The molecular weight excluding hydrogens is 424 g/mol. The summed E-state index contributed by atoms with van der Waals surface area (Å²) in [6.45, 7) is 0. The Labute approximate surface area is 168 Å². The van der Waals surface area contributed by atoms with Gasteiger partial charge in [0.1, 0.15) is 15.8 Å². The molecule has 0 bridgehead atoms. The number of rotatable bonds is 6. The standard InChI is InChI=1S/C18H13F2N3O4S2/c19-13-9-14(20)15(8-12(13)17(21)24)22-18(25)10-3-5-11(6-4-10)23-29(26,27)16-2-1-7-28-16/h1-9,23H,(H2,21,24)(H,22,25). The smallest absolute Gasteiger partial charge is 0.271 e. The van der Waals surface area contributed by atoms with Gasteiger partial charge in [-0.15, -0.1) is 11.3 Å². The monoisotopic (exact) mass is 437 g/mol. The van der Waals surface area contributed by atoms with Crippen molar-refractivity contribution in [3.8, 4) is 0 Å². The first-order valence-corrected chi connectivity index (χ1v) is 10.3. The molecule has 0 unspecified atom stereocenters. The highest BCUT2D eigenvalue weighted by atomic mass is 32.2. The molecule has 0 aliphatic heterocycles. The number of anilines is 2. The van der Waals surface area contributed by atoms with Gasteiger partial charge in [0, 0.05) is 17.3 Å². The number of sulfonamides is 1. The van der Waals surface area contributed by atoms with E-state index in [0.29, 0.717) is 6.07 Å². The van der Waals surface area contributed by atoms with Gasteiger partial charge in [-0.1, -0.05) is 6.07 Å². The molecule has 7 nitrogen and oxygen atoms in total. The van der Waals surface area contributed by atoms with E-state index in [1.54, 1.807) is 11.4 Å². The van der Waals surface area contributed by atoms with Crippen molar-refractivity contribution >= 4 is 44.5 Å². The van der Waals surface area contributed by atoms with Crippen LogP contribution in [0.25, 0.3) is 0 Å². The number of halogens is 2. The number of nitrogens with one attached hydrogen (secondary N) is 2. The topological polar surface area (TPSA) is 118 Å². The van der Waals surface area contributed by atoms with Gasteiger partial charge in [-0.3, -0.25) is 14.3 Å². The zero-order chi connectivity index (χ0) is 21.2. The van der Waals surface area contributed by atoms with E-state index in [9.17, 15) is 26.8 Å². The minimum Gasteiger partial charge on any atom is -0.366 e. The highest BCUT2D eigenvalue weighted by Gasteiger charge is 2.17. The third-order valence-corrected chi connectivity index (χ3v) is 6.51. The highest BCUT2D eigenvalue weighted by molar-refractivity contribution is 7.94. The fourth-order valence-corrected chi connectivity index (χ4v) is 4.39. The van der Waals surface area contributed by atoms with Crippen LogP contribution >= 0.6 is 11.3 Å². The number of carbonyl (C=O) groups excluding carboxylic acids is 2. The first kappa shape index (κ1) is 20.4. The van der Waals surface area contributed by atoms with Gasteiger partial charge in [0.2, 0.25) is 0 Å². The Hall–Kier alpha value is -3.31. The molecule has 2 amide bonds. The minimum atomic E-state index is -3.74. The number of benzene rings is 2. The zero-order valence-electron chi connectivity index (χ0n) is 14.5. The fraction of sp³-hybridized carbons (Fsp3) is 0. The second-order valence-corrected chi connectivity index (χ2v) is 8.60. The lowest BCUT2D eigenvalue weighted by Crippen LogP contribution is -2.17. The van der Waals surface area contributed by atoms with Crippen LogP contribution in [0, 0.1) is 11.6 Å². The van der Waals surface area contributed by atoms with Crippen molar-refractivity contribution in [1.29, 1.82) is 0 Å². The summed E-state index contributed by atoms with van der Waals surface area (Å²) < 4.78 is 54.3. The molecule has 29 heavy (non-hydrogen) atoms. The number of primary amides is 1. The second-order valence-electron chi connectivity index (χ2n) is 5.75. The molecule has 0 fully saturated rings. The van der Waals surface area contributed by atoms with Crippen molar-refractivity contribution in [3.63, 3.8) is 0 Å². The molecule has 0 saturated carbocycles. The van der Waals surface area contributed by atoms with Gasteiger partial charge < -0.3 is 11.1 Å². The van der Waals surface area contributed by atoms with Crippen molar-refractivity contribution in [2.75, 3.05) is 10.0 Å². The Balaban J connectivity index is 1.76. The van der Waals surface area contributed by atoms with Crippen LogP contribution in [0.1, 0.15) is 20.7 Å². The Morgan fingerprint density at radius 2 is 1.69 bits per heavy atom. The van der Waals surface area contributed by atoms with Crippen molar-refractivity contribution in [3.05, 3.63) is 76.7 Å². The SMILES string of the molecule is NC(=O)c1cc(NC(=O)c2ccc(NS(=O)(=O)c3cccs3)cc2)c(F)cc1F. The third-order valence-electron chi connectivity index (χ3n) is 3.73. The number of nitrogens with two attached hydrogens (primary N) is 1. The predicted octanol–water partition coefficient (Wildman–Crippen LogP) is 3.18. The van der Waals surface area contributed by atoms with Crippen molar-refractivity contribution in [2.24, 2.45) is 5.73 Å². The van der Waals surface area contributed by atoms with Crippen molar-refractivity contribution in [1.82, 2.24) is 0 Å². The summed E-state index contributed by atoms with van der Waals surface area (Å²) >= 11 is 1.05. The molecule has 0 radical (unpaired) electrons. The van der Waals surface area contributed by atoms with Crippen LogP contribution in [0.4, 0.5) is 20.2 Å². The molecule has 0 aliphatic carbocycles. The summed E-state index contributed by atoms with van der Waals surface area (Å²) in [5.74, 6) is -4.09. The lowest BCUT2D eigenvalue weighted by atomic mass is 10.1. The maximum atomic E-state index is 13.9. The molecule has 11 heteroatoms. The van der Waals surface area contributed by atoms with Crippen LogP contribution in [0.2, 0.25) is 0 Å². The Morgan fingerprint density at radius 3 is 2.28 bits per heavy atom. The highest BCUT2D eigenvalue weighted by Crippen LogP contribution is 2.22. The van der Waals surface area contributed by atoms with Gasteiger partial charge in [0.05, 0.1) is 11.3 Å². The van der Waals surface area contributed by atoms with Crippen LogP contribution in [0.3, 0.4) is 0 Å². The molecule has 2 aromatic carbocycles. The van der Waals surface area contributed by atoms with Crippen LogP contribution in [-0.2, 0) is 10.0 Å². The molecule has 0 spiro atoms. The van der Waals surface area contributed by atoms with Crippen LogP contribution in [-0.4, -0.2) is 20.2 Å². The molecule has 0 aliphatic rings. The van der Waals surface area contributed by atoms with Gasteiger partial charge in [-0.25, -0.2) is 17.2 Å². The lowest BCUT2D eigenvalue weighted by molar-refractivity contribution is 0.0992. The normalized spacial score (nSPS) is 11.1. The molecule has 3 aromatic rings. The van der Waals surface area contributed by atoms with E-state index in [0.717, 1.165) is 17.4 Å². The summed E-state index contributed by atoms with van der Waals surface area (Å²) in [4.78, 5) is 23.5. The Kier molecular flexibility index (Phi) is 5.62. The van der Waals surface area contributed by atoms with Crippen LogP contribution < -0.4 is 15.8 Å². The van der Waals surface area contributed by atoms with Gasteiger partial charge in [-0.05, 0) is 41.8 Å². The van der Waals surface area contributed by atoms with Gasteiger partial charge in [-0.2, -0.15) is 0 Å². The molecule has 0 atom stereocenters. The van der Waals surface area contributed by atoms with Gasteiger partial charge in [0.15, 0.2) is 0 Å². The van der Waals surface area contributed by atoms with E-state index in [-0.39, 0.29) is 15.5 Å². The van der Waals surface area contributed by atoms with E-state index < -0.39 is 44.7 Å². The number of carbonyl (C=O) groups is 2. The third kappa shape index (κ3) is 4.58. The number of thiophene rings is 1. The minimum absolute atomic E-state index is 0.0772. The van der Waals surface area contributed by atoms with E-state index >= 15 is 0 Å². The summed E-state index contributed by atoms with van der Waals surface area (Å²) in [7, 11) is -3.74. The predicted molar refractivity (Wildman–Crippen MR) is 104 cm³/mol. The van der Waals surface area contributed by atoms with Crippen LogP contribution in [0.5, 0.6) is 0 Å². The summed E-state index contributed by atoms with van der Waals surface area (Å²) in [5, 5.41) is 3.84. The summed E-state index contributed by atoms with van der Waals surface area (Å²) in [6.07, 6.45) is 0. The first-order chi connectivity index (χ1) is 13.7. The molecule has 1 heterocycles.